The number of nitrogens with one attached hydrogen (secondary N) is 2. The van der Waals surface area contributed by atoms with Gasteiger partial charge in [0.05, 0.1) is 4.90 Å². The van der Waals surface area contributed by atoms with Crippen LogP contribution in [-0.2, 0) is 16.4 Å². The standard InChI is InChI=1S/C22H29N3O3S/c1-18-7-9-21(10-8-18)29(27,28)24-14-13-23-22(26)25-15-11-20(12-16-25)17-19-5-3-2-4-6-19/h2-10,20,24H,11-17H2,1H3,(H,23,26). The van der Waals surface area contributed by atoms with Gasteiger partial charge in [-0.15, -0.1) is 0 Å². The van der Waals surface area contributed by atoms with Crippen molar-refractivity contribution in [2.45, 2.75) is 31.1 Å². The Balaban J connectivity index is 1.36. The normalized spacial score (nSPS) is 15.3. The van der Waals surface area contributed by atoms with Crippen LogP contribution in [0.1, 0.15) is 24.0 Å². The molecule has 1 aliphatic rings. The Kier molecular flexibility index (Phi) is 7.28. The fourth-order valence-electron chi connectivity index (χ4n) is 3.55. The van der Waals surface area contributed by atoms with Crippen molar-refractivity contribution < 1.29 is 13.2 Å². The number of benzene rings is 2. The molecule has 0 atom stereocenters. The highest BCUT2D eigenvalue weighted by molar-refractivity contribution is 7.89. The van der Waals surface area contributed by atoms with Crippen LogP contribution in [0.15, 0.2) is 59.5 Å². The number of rotatable bonds is 7. The third-order valence-electron chi connectivity index (χ3n) is 5.29. The van der Waals surface area contributed by atoms with Crippen molar-refractivity contribution in [1.29, 1.82) is 0 Å². The summed E-state index contributed by atoms with van der Waals surface area (Å²) in [6, 6.07) is 17.0. The SMILES string of the molecule is Cc1ccc(S(=O)(=O)NCCNC(=O)N2CCC(Cc3ccccc3)CC2)cc1. The number of hydrogen-bond donors (Lipinski definition) is 2. The van der Waals surface area contributed by atoms with Gasteiger partial charge in [-0.3, -0.25) is 0 Å². The number of likely N-dealkylation sites (tertiary alicyclic amines) is 1. The second-order valence-electron chi connectivity index (χ2n) is 7.56. The number of piperidine rings is 1. The Morgan fingerprint density at radius 3 is 2.31 bits per heavy atom. The number of amides is 2. The van der Waals surface area contributed by atoms with E-state index >= 15 is 0 Å². The maximum atomic E-state index is 12.3. The zero-order valence-electron chi connectivity index (χ0n) is 16.8. The van der Waals surface area contributed by atoms with E-state index in [9.17, 15) is 13.2 Å². The molecule has 0 aliphatic carbocycles. The van der Waals surface area contributed by atoms with Crippen LogP contribution >= 0.6 is 0 Å². The smallest absolute Gasteiger partial charge is 0.317 e. The molecule has 0 unspecified atom stereocenters. The van der Waals surface area contributed by atoms with Gasteiger partial charge in [-0.05, 0) is 49.8 Å². The lowest BCUT2D eigenvalue weighted by molar-refractivity contribution is 0.170. The van der Waals surface area contributed by atoms with Gasteiger partial charge in [0, 0.05) is 26.2 Å². The number of sulfonamides is 1. The molecule has 1 fully saturated rings. The van der Waals surface area contributed by atoms with Crippen molar-refractivity contribution >= 4 is 16.1 Å². The summed E-state index contributed by atoms with van der Waals surface area (Å²) in [5.74, 6) is 0.600. The summed E-state index contributed by atoms with van der Waals surface area (Å²) < 4.78 is 27.0. The van der Waals surface area contributed by atoms with Gasteiger partial charge in [-0.2, -0.15) is 0 Å². The Hall–Kier alpha value is -2.38. The summed E-state index contributed by atoms with van der Waals surface area (Å²) in [6.07, 6.45) is 3.03. The maximum absolute atomic E-state index is 12.3. The van der Waals surface area contributed by atoms with Gasteiger partial charge in [0.2, 0.25) is 10.0 Å². The number of urea groups is 1. The molecule has 0 radical (unpaired) electrons. The molecule has 156 valence electrons. The number of carbonyl (C=O) groups excluding carboxylic acids is 1. The molecule has 0 aromatic heterocycles. The van der Waals surface area contributed by atoms with E-state index in [1.165, 1.54) is 5.56 Å². The Labute approximate surface area is 173 Å². The largest absolute Gasteiger partial charge is 0.337 e. The van der Waals surface area contributed by atoms with E-state index in [1.54, 1.807) is 24.3 Å². The van der Waals surface area contributed by atoms with E-state index in [4.69, 9.17) is 0 Å². The highest BCUT2D eigenvalue weighted by atomic mass is 32.2. The summed E-state index contributed by atoms with van der Waals surface area (Å²) in [5, 5.41) is 2.81. The van der Waals surface area contributed by atoms with Crippen molar-refractivity contribution in [1.82, 2.24) is 14.9 Å². The number of aryl methyl sites for hydroxylation is 1. The molecule has 2 N–H and O–H groups in total. The van der Waals surface area contributed by atoms with E-state index in [0.717, 1.165) is 37.9 Å². The van der Waals surface area contributed by atoms with Crippen LogP contribution in [0, 0.1) is 12.8 Å². The summed E-state index contributed by atoms with van der Waals surface area (Å²) in [6.45, 7) is 3.79. The minimum Gasteiger partial charge on any atom is -0.337 e. The average molecular weight is 416 g/mol. The molecule has 1 aliphatic heterocycles. The Bertz CT molecular complexity index is 891. The quantitative estimate of drug-likeness (QED) is 0.683. The summed E-state index contributed by atoms with van der Waals surface area (Å²) in [5.41, 5.74) is 2.35. The molecule has 1 heterocycles. The zero-order valence-corrected chi connectivity index (χ0v) is 17.6. The lowest BCUT2D eigenvalue weighted by atomic mass is 9.90. The topological polar surface area (TPSA) is 78.5 Å². The molecule has 7 heteroatoms. The fraction of sp³-hybridized carbons (Fsp3) is 0.409. The predicted octanol–water partition coefficient (Wildman–Crippen LogP) is 2.94. The second kappa shape index (κ2) is 9.89. The van der Waals surface area contributed by atoms with E-state index < -0.39 is 10.0 Å². The van der Waals surface area contributed by atoms with Crippen LogP contribution in [0.3, 0.4) is 0 Å². The van der Waals surface area contributed by atoms with Gasteiger partial charge in [-0.25, -0.2) is 17.9 Å². The van der Waals surface area contributed by atoms with Crippen LogP contribution in [0.5, 0.6) is 0 Å². The highest BCUT2D eigenvalue weighted by Gasteiger charge is 2.22. The summed E-state index contributed by atoms with van der Waals surface area (Å²) in [4.78, 5) is 14.4. The highest BCUT2D eigenvalue weighted by Crippen LogP contribution is 2.21. The van der Waals surface area contributed by atoms with E-state index in [-0.39, 0.29) is 24.0 Å². The van der Waals surface area contributed by atoms with Crippen molar-refractivity contribution in [2.24, 2.45) is 5.92 Å². The minimum absolute atomic E-state index is 0.127. The van der Waals surface area contributed by atoms with E-state index in [1.807, 2.05) is 17.9 Å². The van der Waals surface area contributed by atoms with Crippen LogP contribution in [0.4, 0.5) is 4.79 Å². The van der Waals surface area contributed by atoms with Gasteiger partial charge >= 0.3 is 6.03 Å². The molecule has 6 nitrogen and oxygen atoms in total. The molecule has 0 bridgehead atoms. The minimum atomic E-state index is -3.55. The molecular formula is C22H29N3O3S. The van der Waals surface area contributed by atoms with Crippen LogP contribution in [0.25, 0.3) is 0 Å². The van der Waals surface area contributed by atoms with Crippen LogP contribution < -0.4 is 10.0 Å². The third-order valence-corrected chi connectivity index (χ3v) is 6.77. The summed E-state index contributed by atoms with van der Waals surface area (Å²) in [7, 11) is -3.55. The number of nitrogens with zero attached hydrogens (tertiary/aromatic N) is 1. The molecule has 1 saturated heterocycles. The van der Waals surface area contributed by atoms with Gasteiger partial charge in [0.15, 0.2) is 0 Å². The summed E-state index contributed by atoms with van der Waals surface area (Å²) >= 11 is 0. The van der Waals surface area contributed by atoms with E-state index in [2.05, 4.69) is 34.3 Å². The fourth-order valence-corrected chi connectivity index (χ4v) is 4.59. The van der Waals surface area contributed by atoms with E-state index in [0.29, 0.717) is 5.92 Å². The maximum Gasteiger partial charge on any atom is 0.317 e. The van der Waals surface area contributed by atoms with Gasteiger partial charge in [0.1, 0.15) is 0 Å². The molecule has 3 rings (SSSR count). The third kappa shape index (κ3) is 6.30. The molecule has 2 amide bonds. The molecule has 0 saturated carbocycles. The number of carbonyl (C=O) groups is 1. The first kappa shape index (κ1) is 21.3. The first-order valence-corrected chi connectivity index (χ1v) is 11.6. The second-order valence-corrected chi connectivity index (χ2v) is 9.33. The van der Waals surface area contributed by atoms with Gasteiger partial charge in [0.25, 0.3) is 0 Å². The zero-order chi connectivity index (χ0) is 20.7. The first-order valence-electron chi connectivity index (χ1n) is 10.1. The molecule has 2 aromatic carbocycles. The Morgan fingerprint density at radius 2 is 1.66 bits per heavy atom. The van der Waals surface area contributed by atoms with Gasteiger partial charge < -0.3 is 10.2 Å². The first-order chi connectivity index (χ1) is 13.9. The van der Waals surface area contributed by atoms with Crippen LogP contribution in [-0.4, -0.2) is 45.5 Å². The van der Waals surface area contributed by atoms with Crippen molar-refractivity contribution in [3.8, 4) is 0 Å². The lowest BCUT2D eigenvalue weighted by Crippen LogP contribution is -2.46. The monoisotopic (exact) mass is 415 g/mol. The Morgan fingerprint density at radius 1 is 1.00 bits per heavy atom. The van der Waals surface area contributed by atoms with Crippen molar-refractivity contribution in [2.75, 3.05) is 26.2 Å². The van der Waals surface area contributed by atoms with Crippen molar-refractivity contribution in [3.63, 3.8) is 0 Å². The molecule has 0 spiro atoms. The van der Waals surface area contributed by atoms with Gasteiger partial charge in [-0.1, -0.05) is 48.0 Å². The van der Waals surface area contributed by atoms with Crippen LogP contribution in [0.2, 0.25) is 0 Å². The molecular weight excluding hydrogens is 386 g/mol. The average Bonchev–Trinajstić information content (AvgIpc) is 2.73. The lowest BCUT2D eigenvalue weighted by Gasteiger charge is -2.32. The molecule has 2 aromatic rings. The predicted molar refractivity (Wildman–Crippen MR) is 114 cm³/mol. The number of hydrogen-bond acceptors (Lipinski definition) is 3. The molecule has 29 heavy (non-hydrogen) atoms. The van der Waals surface area contributed by atoms with Crippen molar-refractivity contribution in [3.05, 3.63) is 65.7 Å².